The van der Waals surface area contributed by atoms with Crippen molar-refractivity contribution in [2.24, 2.45) is 5.92 Å². The van der Waals surface area contributed by atoms with Gasteiger partial charge in [-0.2, -0.15) is 0 Å². The first kappa shape index (κ1) is 19.8. The Morgan fingerprint density at radius 2 is 2.16 bits per heavy atom. The Bertz CT molecular complexity index is 561. The normalized spacial score (nSPS) is 24.1. The number of unbranched alkanes of at least 4 members (excludes halogenated alkanes) is 3. The van der Waals surface area contributed by atoms with E-state index in [1.165, 1.54) is 37.8 Å². The number of carbonyl (C=O) groups is 1. The molecule has 1 N–H and O–H groups in total. The van der Waals surface area contributed by atoms with Crippen LogP contribution in [0.4, 0.5) is 4.79 Å². The van der Waals surface area contributed by atoms with Gasteiger partial charge in [-0.05, 0) is 55.0 Å². The summed E-state index contributed by atoms with van der Waals surface area (Å²) in [5, 5.41) is 2.50. The van der Waals surface area contributed by atoms with Crippen molar-refractivity contribution >= 4 is 6.09 Å². The van der Waals surface area contributed by atoms with Crippen LogP contribution in [0.25, 0.3) is 0 Å². The van der Waals surface area contributed by atoms with Crippen LogP contribution in [0.3, 0.4) is 0 Å². The fourth-order valence-electron chi connectivity index (χ4n) is 3.78. The Hall–Kier alpha value is -1.55. The number of nitrogens with zero attached hydrogens (tertiary/aromatic N) is 1. The van der Waals surface area contributed by atoms with Crippen molar-refractivity contribution in [2.45, 2.75) is 58.3 Å². The summed E-state index contributed by atoms with van der Waals surface area (Å²) in [7, 11) is 1.58. The fourth-order valence-corrected chi connectivity index (χ4v) is 3.78. The number of benzene rings is 1. The Kier molecular flexibility index (Phi) is 7.30. The van der Waals surface area contributed by atoms with Crippen LogP contribution in [0.2, 0.25) is 0 Å². The van der Waals surface area contributed by atoms with Gasteiger partial charge < -0.3 is 15.0 Å². The van der Waals surface area contributed by atoms with Gasteiger partial charge in [0.2, 0.25) is 0 Å². The maximum Gasteiger partial charge on any atom is 0.412 e. The molecule has 0 aromatic heterocycles. The zero-order valence-electron chi connectivity index (χ0n) is 16.3. The summed E-state index contributed by atoms with van der Waals surface area (Å²) in [6.45, 7) is 10.5. The molecule has 0 saturated carbocycles. The van der Waals surface area contributed by atoms with Crippen LogP contribution in [-0.2, 0) is 5.41 Å². The van der Waals surface area contributed by atoms with Gasteiger partial charge >= 0.3 is 6.09 Å². The van der Waals surface area contributed by atoms with Crippen LogP contribution in [0.15, 0.2) is 24.3 Å². The van der Waals surface area contributed by atoms with Crippen LogP contribution >= 0.6 is 0 Å². The van der Waals surface area contributed by atoms with Gasteiger partial charge in [0.25, 0.3) is 0 Å². The van der Waals surface area contributed by atoms with Crippen LogP contribution in [0.5, 0.6) is 5.75 Å². The number of rotatable bonds is 7. The maximum absolute atomic E-state index is 11.5. The van der Waals surface area contributed by atoms with Crippen LogP contribution in [-0.4, -0.2) is 37.7 Å². The highest BCUT2D eigenvalue weighted by Crippen LogP contribution is 2.40. The monoisotopic (exact) mass is 346 g/mol. The molecule has 25 heavy (non-hydrogen) atoms. The molecule has 1 aromatic carbocycles. The second kappa shape index (κ2) is 9.23. The van der Waals surface area contributed by atoms with E-state index in [9.17, 15) is 4.79 Å². The average Bonchev–Trinajstić information content (AvgIpc) is 2.62. The maximum atomic E-state index is 11.5. The molecule has 1 heterocycles. The van der Waals surface area contributed by atoms with Crippen molar-refractivity contribution < 1.29 is 9.53 Å². The zero-order chi connectivity index (χ0) is 18.3. The predicted octanol–water partition coefficient (Wildman–Crippen LogP) is 4.58. The summed E-state index contributed by atoms with van der Waals surface area (Å²) in [6.07, 6.45) is 6.02. The summed E-state index contributed by atoms with van der Waals surface area (Å²) in [5.41, 5.74) is 1.40. The number of ether oxygens (including phenoxy) is 1. The second-order valence-electron chi connectivity index (χ2n) is 7.60. The summed E-state index contributed by atoms with van der Waals surface area (Å²) in [5.74, 6) is 1.19. The van der Waals surface area contributed by atoms with Gasteiger partial charge in [-0.3, -0.25) is 0 Å². The minimum Gasteiger partial charge on any atom is -0.410 e. The molecule has 0 radical (unpaired) electrons. The summed E-state index contributed by atoms with van der Waals surface area (Å²) < 4.78 is 5.31. The van der Waals surface area contributed by atoms with E-state index in [1.54, 1.807) is 7.05 Å². The summed E-state index contributed by atoms with van der Waals surface area (Å²) in [6, 6.07) is 8.03. The summed E-state index contributed by atoms with van der Waals surface area (Å²) in [4.78, 5) is 14.1. The quantitative estimate of drug-likeness (QED) is 0.735. The minimum absolute atomic E-state index is 0.127. The van der Waals surface area contributed by atoms with Crippen molar-refractivity contribution in [1.29, 1.82) is 0 Å². The molecule has 2 rings (SSSR count). The van der Waals surface area contributed by atoms with Crippen molar-refractivity contribution in [1.82, 2.24) is 10.2 Å². The van der Waals surface area contributed by atoms with E-state index in [0.717, 1.165) is 19.5 Å². The van der Waals surface area contributed by atoms with Crippen LogP contribution in [0, 0.1) is 5.92 Å². The van der Waals surface area contributed by atoms with Crippen molar-refractivity contribution in [2.75, 3.05) is 26.7 Å². The van der Waals surface area contributed by atoms with E-state index < -0.39 is 6.09 Å². The molecule has 1 saturated heterocycles. The SMILES string of the molecule is CCCCCCN1CC[C@](C)(c2cccc(OC(=O)NC)c2)[C@@H](C)C1. The molecule has 1 amide bonds. The molecule has 0 spiro atoms. The molecule has 4 nitrogen and oxygen atoms in total. The number of hydrogen-bond donors (Lipinski definition) is 1. The topological polar surface area (TPSA) is 41.6 Å². The minimum atomic E-state index is -0.419. The molecule has 0 unspecified atom stereocenters. The average molecular weight is 347 g/mol. The Labute approximate surface area is 152 Å². The Morgan fingerprint density at radius 3 is 2.84 bits per heavy atom. The third-order valence-electron chi connectivity index (χ3n) is 5.80. The van der Waals surface area contributed by atoms with Gasteiger partial charge in [-0.25, -0.2) is 4.79 Å². The smallest absolute Gasteiger partial charge is 0.410 e. The van der Waals surface area contributed by atoms with E-state index in [2.05, 4.69) is 37.1 Å². The molecular weight excluding hydrogens is 312 g/mol. The Balaban J connectivity index is 1.99. The molecule has 1 aliphatic rings. The van der Waals surface area contributed by atoms with Crippen molar-refractivity contribution in [3.8, 4) is 5.75 Å². The first-order chi connectivity index (χ1) is 12.0. The van der Waals surface area contributed by atoms with Crippen LogP contribution < -0.4 is 10.1 Å². The molecule has 1 aromatic rings. The van der Waals surface area contributed by atoms with E-state index >= 15 is 0 Å². The molecule has 1 aliphatic heterocycles. The largest absolute Gasteiger partial charge is 0.412 e. The molecule has 2 atom stereocenters. The number of amides is 1. The van der Waals surface area contributed by atoms with Crippen molar-refractivity contribution in [3.05, 3.63) is 29.8 Å². The Morgan fingerprint density at radius 1 is 1.36 bits per heavy atom. The summed E-state index contributed by atoms with van der Waals surface area (Å²) >= 11 is 0. The van der Waals surface area contributed by atoms with Gasteiger partial charge in [-0.1, -0.05) is 52.2 Å². The second-order valence-corrected chi connectivity index (χ2v) is 7.60. The third kappa shape index (κ3) is 5.21. The number of hydrogen-bond acceptors (Lipinski definition) is 3. The molecule has 0 aliphatic carbocycles. The van der Waals surface area contributed by atoms with Crippen LogP contribution in [0.1, 0.15) is 58.4 Å². The molecule has 0 bridgehead atoms. The first-order valence-electron chi connectivity index (χ1n) is 9.72. The zero-order valence-corrected chi connectivity index (χ0v) is 16.3. The van der Waals surface area contributed by atoms with E-state index in [-0.39, 0.29) is 5.41 Å². The van der Waals surface area contributed by atoms with Crippen molar-refractivity contribution in [3.63, 3.8) is 0 Å². The molecule has 1 fully saturated rings. The first-order valence-corrected chi connectivity index (χ1v) is 9.72. The van der Waals surface area contributed by atoms with Gasteiger partial charge in [0.1, 0.15) is 5.75 Å². The predicted molar refractivity (Wildman–Crippen MR) is 103 cm³/mol. The lowest BCUT2D eigenvalue weighted by Gasteiger charge is -2.45. The standard InChI is InChI=1S/C21H34N2O2/c1-5-6-7-8-13-23-14-12-21(3,17(2)16-23)18-10-9-11-19(15-18)25-20(24)22-4/h9-11,15,17H,5-8,12-14,16H2,1-4H3,(H,22,24)/t17-,21-/m0/s1. The lowest BCUT2D eigenvalue weighted by atomic mass is 9.68. The van der Waals surface area contributed by atoms with Gasteiger partial charge in [0.05, 0.1) is 0 Å². The molecule has 4 heteroatoms. The fraction of sp³-hybridized carbons (Fsp3) is 0.667. The van der Waals surface area contributed by atoms with Gasteiger partial charge in [0, 0.05) is 13.6 Å². The highest BCUT2D eigenvalue weighted by molar-refractivity contribution is 5.69. The number of nitrogens with one attached hydrogen (secondary N) is 1. The van der Waals surface area contributed by atoms with Gasteiger partial charge in [0.15, 0.2) is 0 Å². The lowest BCUT2D eigenvalue weighted by Crippen LogP contribution is -2.47. The number of carbonyl (C=O) groups excluding carboxylic acids is 1. The number of likely N-dealkylation sites (tertiary alicyclic amines) is 1. The third-order valence-corrected chi connectivity index (χ3v) is 5.80. The van der Waals surface area contributed by atoms with E-state index in [4.69, 9.17) is 4.74 Å². The van der Waals surface area contributed by atoms with E-state index in [0.29, 0.717) is 11.7 Å². The molecular formula is C21H34N2O2. The highest BCUT2D eigenvalue weighted by Gasteiger charge is 2.37. The lowest BCUT2D eigenvalue weighted by molar-refractivity contribution is 0.109. The number of piperidine rings is 1. The molecule has 140 valence electrons. The van der Waals surface area contributed by atoms with Gasteiger partial charge in [-0.15, -0.1) is 0 Å². The van der Waals surface area contributed by atoms with E-state index in [1.807, 2.05) is 18.2 Å². The highest BCUT2D eigenvalue weighted by atomic mass is 16.5.